The van der Waals surface area contributed by atoms with Crippen molar-refractivity contribution in [3.63, 3.8) is 0 Å². The van der Waals surface area contributed by atoms with Crippen molar-refractivity contribution in [1.82, 2.24) is 15.3 Å². The number of pyridine rings is 1. The van der Waals surface area contributed by atoms with Gasteiger partial charge in [0.1, 0.15) is 11.4 Å². The van der Waals surface area contributed by atoms with Crippen molar-refractivity contribution in [2.45, 2.75) is 25.3 Å². The molecule has 1 unspecified atom stereocenters. The molecular weight excluding hydrogens is 314 g/mol. The quantitative estimate of drug-likeness (QED) is 0.707. The number of hydrogen-bond acceptors (Lipinski definition) is 3. The second kappa shape index (κ2) is 6.43. The molecule has 0 saturated heterocycles. The molecule has 5 nitrogen and oxygen atoms in total. The Hall–Kier alpha value is -3.08. The second-order valence-corrected chi connectivity index (χ2v) is 6.18. The number of amides is 1. The number of aromatic amines is 1. The van der Waals surface area contributed by atoms with Crippen LogP contribution in [0.25, 0.3) is 27.9 Å². The molecule has 0 aliphatic heterocycles. The predicted octanol–water partition coefficient (Wildman–Crippen LogP) is 4.06. The first-order chi connectivity index (χ1) is 12.3. The predicted molar refractivity (Wildman–Crippen MR) is 97.8 cm³/mol. The van der Waals surface area contributed by atoms with Crippen molar-refractivity contribution in [3.05, 3.63) is 61.2 Å². The Morgan fingerprint density at radius 1 is 1.40 bits per heavy atom. The highest BCUT2D eigenvalue weighted by Crippen LogP contribution is 2.36. The molecule has 0 bridgehead atoms. The fraction of sp³-hybridized carbons (Fsp3) is 0.200. The molecule has 0 spiro atoms. The number of hydrogen-bond donors (Lipinski definition) is 2. The van der Waals surface area contributed by atoms with Crippen molar-refractivity contribution < 1.29 is 9.21 Å². The number of H-pyrrole nitrogens is 1. The average molecular weight is 333 g/mol. The number of nitrogens with zero attached hydrogens (tertiary/aromatic N) is 1. The van der Waals surface area contributed by atoms with Gasteiger partial charge in [0.15, 0.2) is 0 Å². The topological polar surface area (TPSA) is 70.9 Å². The molecule has 1 aliphatic rings. The maximum Gasteiger partial charge on any atom is 0.243 e. The molecule has 0 fully saturated rings. The van der Waals surface area contributed by atoms with Gasteiger partial charge in [-0.05, 0) is 54.7 Å². The number of aromatic nitrogens is 2. The van der Waals surface area contributed by atoms with Gasteiger partial charge in [-0.2, -0.15) is 0 Å². The zero-order chi connectivity index (χ0) is 17.2. The molecule has 1 aliphatic carbocycles. The minimum atomic E-state index is -0.121. The lowest BCUT2D eigenvalue weighted by molar-refractivity contribution is -0.117. The van der Waals surface area contributed by atoms with Crippen molar-refractivity contribution in [1.29, 1.82) is 0 Å². The first kappa shape index (κ1) is 15.4. The molecule has 5 heteroatoms. The van der Waals surface area contributed by atoms with E-state index in [-0.39, 0.29) is 11.9 Å². The van der Waals surface area contributed by atoms with Gasteiger partial charge in [-0.25, -0.2) is 4.98 Å². The summed E-state index contributed by atoms with van der Waals surface area (Å²) < 4.78 is 5.58. The Balaban J connectivity index is 1.74. The Bertz CT molecular complexity index is 951. The Morgan fingerprint density at radius 2 is 2.32 bits per heavy atom. The van der Waals surface area contributed by atoms with E-state index in [1.807, 2.05) is 30.6 Å². The fourth-order valence-electron chi connectivity index (χ4n) is 3.46. The summed E-state index contributed by atoms with van der Waals surface area (Å²) in [6, 6.07) is 5.98. The van der Waals surface area contributed by atoms with Crippen molar-refractivity contribution in [2.75, 3.05) is 0 Å². The zero-order valence-corrected chi connectivity index (χ0v) is 13.8. The van der Waals surface area contributed by atoms with E-state index >= 15 is 0 Å². The third-order valence-electron chi connectivity index (χ3n) is 4.61. The van der Waals surface area contributed by atoms with Crippen LogP contribution in [0.4, 0.5) is 0 Å². The van der Waals surface area contributed by atoms with Crippen LogP contribution < -0.4 is 5.32 Å². The van der Waals surface area contributed by atoms with Gasteiger partial charge in [-0.15, -0.1) is 0 Å². The van der Waals surface area contributed by atoms with E-state index in [2.05, 4.69) is 27.9 Å². The molecule has 0 saturated carbocycles. The molecule has 3 aromatic heterocycles. The Labute approximate surface area is 145 Å². The van der Waals surface area contributed by atoms with Gasteiger partial charge in [-0.3, -0.25) is 4.79 Å². The SMILES string of the molecule is C=CC(=O)NC1CCC=C(c2ccnc3[nH]cc(-c4ccco4)c23)C1. The smallest absolute Gasteiger partial charge is 0.243 e. The van der Waals surface area contributed by atoms with Crippen molar-refractivity contribution >= 4 is 22.5 Å². The Kier molecular flexibility index (Phi) is 3.98. The third kappa shape index (κ3) is 2.89. The molecule has 2 N–H and O–H groups in total. The molecule has 1 amide bonds. The third-order valence-corrected chi connectivity index (χ3v) is 4.61. The van der Waals surface area contributed by atoms with Gasteiger partial charge < -0.3 is 14.7 Å². The van der Waals surface area contributed by atoms with E-state index in [0.29, 0.717) is 0 Å². The minimum Gasteiger partial charge on any atom is -0.464 e. The molecule has 0 aromatic carbocycles. The molecule has 0 radical (unpaired) electrons. The summed E-state index contributed by atoms with van der Waals surface area (Å²) in [5.41, 5.74) is 4.19. The summed E-state index contributed by atoms with van der Waals surface area (Å²) in [5, 5.41) is 4.07. The van der Waals surface area contributed by atoms with Gasteiger partial charge in [-0.1, -0.05) is 12.7 Å². The number of fused-ring (bicyclic) bond motifs is 1. The number of furan rings is 1. The van der Waals surface area contributed by atoms with E-state index < -0.39 is 0 Å². The van der Waals surface area contributed by atoms with E-state index in [0.717, 1.165) is 47.2 Å². The second-order valence-electron chi connectivity index (χ2n) is 6.18. The molecule has 25 heavy (non-hydrogen) atoms. The molecule has 1 atom stereocenters. The highest BCUT2D eigenvalue weighted by Gasteiger charge is 2.21. The average Bonchev–Trinajstić information content (AvgIpc) is 3.30. The molecule has 126 valence electrons. The maximum absolute atomic E-state index is 11.6. The van der Waals surface area contributed by atoms with Crippen LogP contribution in [0.15, 0.2) is 60.0 Å². The standard InChI is InChI=1S/C20H19N3O2/c1-2-18(24)23-14-6-3-5-13(11-14)15-8-9-21-20-19(15)16(12-22-20)17-7-4-10-25-17/h2,4-5,7-10,12,14H,1,3,6,11H2,(H,21,22)(H,23,24). The van der Waals surface area contributed by atoms with E-state index in [1.165, 1.54) is 11.6 Å². The monoisotopic (exact) mass is 333 g/mol. The van der Waals surface area contributed by atoms with Gasteiger partial charge >= 0.3 is 0 Å². The van der Waals surface area contributed by atoms with Crippen molar-refractivity contribution in [3.8, 4) is 11.3 Å². The summed E-state index contributed by atoms with van der Waals surface area (Å²) in [5.74, 6) is 0.692. The summed E-state index contributed by atoms with van der Waals surface area (Å²) in [6.45, 7) is 3.53. The van der Waals surface area contributed by atoms with E-state index in [9.17, 15) is 4.79 Å². The highest BCUT2D eigenvalue weighted by atomic mass is 16.3. The van der Waals surface area contributed by atoms with Crippen LogP contribution in [-0.2, 0) is 4.79 Å². The lowest BCUT2D eigenvalue weighted by Gasteiger charge is -2.24. The molecular formula is C20H19N3O2. The largest absolute Gasteiger partial charge is 0.464 e. The number of carbonyl (C=O) groups excluding carboxylic acids is 1. The van der Waals surface area contributed by atoms with Crippen LogP contribution in [0.2, 0.25) is 0 Å². The van der Waals surface area contributed by atoms with Crippen LogP contribution in [0.1, 0.15) is 24.8 Å². The zero-order valence-electron chi connectivity index (χ0n) is 13.8. The number of nitrogens with one attached hydrogen (secondary N) is 2. The summed E-state index contributed by atoms with van der Waals surface area (Å²) in [6.07, 6.45) is 11.7. The van der Waals surface area contributed by atoms with E-state index in [4.69, 9.17) is 4.42 Å². The summed E-state index contributed by atoms with van der Waals surface area (Å²) in [4.78, 5) is 19.3. The van der Waals surface area contributed by atoms with Crippen LogP contribution >= 0.6 is 0 Å². The lowest BCUT2D eigenvalue weighted by atomic mass is 9.88. The fourth-order valence-corrected chi connectivity index (χ4v) is 3.46. The van der Waals surface area contributed by atoms with E-state index in [1.54, 1.807) is 6.26 Å². The highest BCUT2D eigenvalue weighted by molar-refractivity contribution is 6.00. The van der Waals surface area contributed by atoms with Gasteiger partial charge in [0, 0.05) is 29.4 Å². The van der Waals surface area contributed by atoms with Crippen LogP contribution in [0.5, 0.6) is 0 Å². The molecule has 3 aromatic rings. The number of carbonyl (C=O) groups is 1. The van der Waals surface area contributed by atoms with Crippen molar-refractivity contribution in [2.24, 2.45) is 0 Å². The summed E-state index contributed by atoms with van der Waals surface area (Å²) in [7, 11) is 0. The summed E-state index contributed by atoms with van der Waals surface area (Å²) >= 11 is 0. The maximum atomic E-state index is 11.6. The number of allylic oxidation sites excluding steroid dienone is 1. The van der Waals surface area contributed by atoms with Crippen LogP contribution in [-0.4, -0.2) is 21.9 Å². The minimum absolute atomic E-state index is 0.121. The molecule has 3 heterocycles. The lowest BCUT2D eigenvalue weighted by Crippen LogP contribution is -2.34. The van der Waals surface area contributed by atoms with Crippen LogP contribution in [0.3, 0.4) is 0 Å². The Morgan fingerprint density at radius 3 is 3.12 bits per heavy atom. The van der Waals surface area contributed by atoms with Gasteiger partial charge in [0.05, 0.1) is 6.26 Å². The van der Waals surface area contributed by atoms with Gasteiger partial charge in [0.25, 0.3) is 0 Å². The normalized spacial score (nSPS) is 17.3. The van der Waals surface area contributed by atoms with Crippen LogP contribution in [0, 0.1) is 0 Å². The number of rotatable bonds is 4. The first-order valence-corrected chi connectivity index (χ1v) is 8.38. The molecule has 4 rings (SSSR count). The first-order valence-electron chi connectivity index (χ1n) is 8.38. The van der Waals surface area contributed by atoms with Gasteiger partial charge in [0.2, 0.25) is 5.91 Å².